The Hall–Kier alpha value is -2.43. The van der Waals surface area contributed by atoms with Crippen molar-refractivity contribution >= 4 is 10.0 Å². The molecule has 0 bridgehead atoms. The van der Waals surface area contributed by atoms with Crippen LogP contribution in [0.5, 0.6) is 0 Å². The van der Waals surface area contributed by atoms with Crippen LogP contribution in [0.2, 0.25) is 0 Å². The van der Waals surface area contributed by atoms with Crippen molar-refractivity contribution in [3.05, 3.63) is 101 Å². The lowest BCUT2D eigenvalue weighted by Crippen LogP contribution is -2.48. The molecule has 0 aromatic heterocycles. The first-order chi connectivity index (χ1) is 13.0. The summed E-state index contributed by atoms with van der Waals surface area (Å²) in [5.41, 5.74) is 3.53. The van der Waals surface area contributed by atoms with Crippen LogP contribution < -0.4 is 4.72 Å². The lowest BCUT2D eigenvalue weighted by molar-refractivity contribution is 0.397. The van der Waals surface area contributed by atoms with Crippen LogP contribution in [0.25, 0.3) is 0 Å². The van der Waals surface area contributed by atoms with Gasteiger partial charge in [-0.05, 0) is 55.0 Å². The Morgan fingerprint density at radius 2 is 1.52 bits per heavy atom. The van der Waals surface area contributed by atoms with Gasteiger partial charge in [-0.2, -0.15) is 4.72 Å². The molecule has 0 heterocycles. The third-order valence-electron chi connectivity index (χ3n) is 5.38. The van der Waals surface area contributed by atoms with Crippen LogP contribution in [0.15, 0.2) is 83.8 Å². The zero-order valence-electron chi connectivity index (χ0n) is 15.4. The normalized spacial score (nSPS) is 19.4. The molecule has 4 rings (SSSR count). The van der Waals surface area contributed by atoms with Gasteiger partial charge in [-0.15, -0.1) is 0 Å². The summed E-state index contributed by atoms with van der Waals surface area (Å²) in [6.07, 6.45) is 2.64. The largest absolute Gasteiger partial charge is 0.241 e. The van der Waals surface area contributed by atoms with E-state index in [1.54, 1.807) is 12.1 Å². The van der Waals surface area contributed by atoms with Crippen LogP contribution in [-0.2, 0) is 22.0 Å². The number of rotatable bonds is 4. The van der Waals surface area contributed by atoms with E-state index in [1.807, 2.05) is 61.5 Å². The topological polar surface area (TPSA) is 46.2 Å². The van der Waals surface area contributed by atoms with Crippen LogP contribution in [-0.4, -0.2) is 8.42 Å². The fraction of sp³-hybridized carbons (Fsp3) is 0.217. The summed E-state index contributed by atoms with van der Waals surface area (Å²) in [6.45, 7) is 1.95. The zero-order chi connectivity index (χ0) is 18.9. The average molecular weight is 378 g/mol. The van der Waals surface area contributed by atoms with Crippen molar-refractivity contribution in [3.63, 3.8) is 0 Å². The van der Waals surface area contributed by atoms with Gasteiger partial charge in [-0.1, -0.05) is 72.3 Å². The predicted octanol–water partition coefficient (Wildman–Crippen LogP) is 4.55. The van der Waals surface area contributed by atoms with E-state index in [9.17, 15) is 8.42 Å². The molecule has 3 aromatic carbocycles. The molecule has 3 aromatic rings. The van der Waals surface area contributed by atoms with Gasteiger partial charge in [-0.25, -0.2) is 8.42 Å². The lowest BCUT2D eigenvalue weighted by Gasteiger charge is -2.40. The lowest BCUT2D eigenvalue weighted by atomic mass is 9.73. The van der Waals surface area contributed by atoms with Crippen LogP contribution in [0.3, 0.4) is 0 Å². The van der Waals surface area contributed by atoms with Gasteiger partial charge in [0.2, 0.25) is 10.0 Å². The molecule has 0 fully saturated rings. The second-order valence-corrected chi connectivity index (χ2v) is 8.88. The molecular weight excluding hydrogens is 354 g/mol. The Labute approximate surface area is 161 Å². The number of sulfonamides is 1. The van der Waals surface area contributed by atoms with Crippen molar-refractivity contribution in [2.45, 2.75) is 36.6 Å². The fourth-order valence-electron chi connectivity index (χ4n) is 4.03. The smallest absolute Gasteiger partial charge is 0.207 e. The van der Waals surface area contributed by atoms with Crippen LogP contribution in [0, 0.1) is 6.92 Å². The van der Waals surface area contributed by atoms with Crippen molar-refractivity contribution in [1.29, 1.82) is 0 Å². The second kappa shape index (κ2) is 6.95. The molecule has 1 aliphatic carbocycles. The van der Waals surface area contributed by atoms with Gasteiger partial charge in [-0.3, -0.25) is 0 Å². The fourth-order valence-corrected chi connectivity index (χ4v) is 5.43. The van der Waals surface area contributed by atoms with Crippen LogP contribution >= 0.6 is 0 Å². The Morgan fingerprint density at radius 1 is 0.852 bits per heavy atom. The van der Waals surface area contributed by atoms with Gasteiger partial charge in [0.15, 0.2) is 0 Å². The second-order valence-electron chi connectivity index (χ2n) is 7.20. The van der Waals surface area contributed by atoms with Gasteiger partial charge in [0.1, 0.15) is 0 Å². The molecule has 27 heavy (non-hydrogen) atoms. The highest BCUT2D eigenvalue weighted by molar-refractivity contribution is 7.89. The van der Waals surface area contributed by atoms with E-state index in [2.05, 4.69) is 16.9 Å². The quantitative estimate of drug-likeness (QED) is 0.725. The van der Waals surface area contributed by atoms with E-state index >= 15 is 0 Å². The molecule has 1 unspecified atom stereocenters. The number of nitrogens with one attached hydrogen (secondary N) is 1. The summed E-state index contributed by atoms with van der Waals surface area (Å²) >= 11 is 0. The van der Waals surface area contributed by atoms with E-state index in [4.69, 9.17) is 0 Å². The molecular formula is C23H23NO2S. The molecule has 0 aliphatic heterocycles. The van der Waals surface area contributed by atoms with Crippen molar-refractivity contribution < 1.29 is 8.42 Å². The molecule has 0 saturated carbocycles. The van der Waals surface area contributed by atoms with E-state index in [0.29, 0.717) is 4.90 Å². The molecule has 0 amide bonds. The minimum absolute atomic E-state index is 0.298. The third-order valence-corrected chi connectivity index (χ3v) is 6.89. The standard InChI is InChI=1S/C23H23NO2S/c1-18-13-15-21(16-14-18)27(25,26)24-23(20-10-3-2-4-11-20)17-7-9-19-8-5-6-12-22(19)23/h2-6,8,10-16,24H,7,9,17H2,1H3. The third kappa shape index (κ3) is 3.31. The van der Waals surface area contributed by atoms with E-state index in [0.717, 1.165) is 36.0 Å². The molecule has 0 spiro atoms. The highest BCUT2D eigenvalue weighted by Crippen LogP contribution is 2.41. The first-order valence-corrected chi connectivity index (χ1v) is 10.7. The molecule has 0 radical (unpaired) electrons. The number of benzene rings is 3. The molecule has 1 atom stereocenters. The summed E-state index contributed by atoms with van der Waals surface area (Å²) in [6, 6.07) is 25.1. The van der Waals surface area contributed by atoms with E-state index in [-0.39, 0.29) is 0 Å². The minimum Gasteiger partial charge on any atom is -0.207 e. The summed E-state index contributed by atoms with van der Waals surface area (Å²) in [7, 11) is -3.68. The zero-order valence-corrected chi connectivity index (χ0v) is 16.2. The van der Waals surface area contributed by atoms with Gasteiger partial charge in [0.05, 0.1) is 10.4 Å². The molecule has 0 saturated heterocycles. The molecule has 3 nitrogen and oxygen atoms in total. The highest BCUT2D eigenvalue weighted by Gasteiger charge is 2.41. The maximum Gasteiger partial charge on any atom is 0.241 e. The van der Waals surface area contributed by atoms with Crippen LogP contribution in [0.4, 0.5) is 0 Å². The first kappa shape index (κ1) is 18.0. The van der Waals surface area contributed by atoms with Crippen LogP contribution in [0.1, 0.15) is 35.1 Å². The van der Waals surface area contributed by atoms with Crippen molar-refractivity contribution in [2.24, 2.45) is 0 Å². The van der Waals surface area contributed by atoms with E-state index < -0.39 is 15.6 Å². The van der Waals surface area contributed by atoms with Crippen molar-refractivity contribution in [1.82, 2.24) is 4.72 Å². The van der Waals surface area contributed by atoms with E-state index in [1.165, 1.54) is 5.56 Å². The monoisotopic (exact) mass is 377 g/mol. The minimum atomic E-state index is -3.68. The summed E-state index contributed by atoms with van der Waals surface area (Å²) < 4.78 is 29.7. The highest BCUT2D eigenvalue weighted by atomic mass is 32.2. The first-order valence-electron chi connectivity index (χ1n) is 9.26. The average Bonchev–Trinajstić information content (AvgIpc) is 2.69. The Morgan fingerprint density at radius 3 is 2.26 bits per heavy atom. The Balaban J connectivity index is 1.87. The van der Waals surface area contributed by atoms with Crippen molar-refractivity contribution in [3.8, 4) is 0 Å². The maximum atomic E-state index is 13.3. The van der Waals surface area contributed by atoms with Gasteiger partial charge in [0, 0.05) is 0 Å². The summed E-state index contributed by atoms with van der Waals surface area (Å²) in [5.74, 6) is 0. The molecule has 1 N–H and O–H groups in total. The number of hydrogen-bond acceptors (Lipinski definition) is 2. The SMILES string of the molecule is Cc1ccc(S(=O)(=O)NC2(c3ccccc3)CCCc3ccccc32)cc1. The number of hydrogen-bond donors (Lipinski definition) is 1. The van der Waals surface area contributed by atoms with Gasteiger partial charge in [0.25, 0.3) is 0 Å². The Kier molecular flexibility index (Phi) is 4.62. The van der Waals surface area contributed by atoms with Crippen molar-refractivity contribution in [2.75, 3.05) is 0 Å². The predicted molar refractivity (Wildman–Crippen MR) is 108 cm³/mol. The molecule has 4 heteroatoms. The number of aryl methyl sites for hydroxylation is 2. The summed E-state index contributed by atoms with van der Waals surface area (Å²) in [4.78, 5) is 0.298. The maximum absolute atomic E-state index is 13.3. The molecule has 138 valence electrons. The number of fused-ring (bicyclic) bond motifs is 1. The summed E-state index contributed by atoms with van der Waals surface area (Å²) in [5, 5.41) is 0. The van der Waals surface area contributed by atoms with Gasteiger partial charge >= 0.3 is 0 Å². The molecule has 1 aliphatic rings. The van der Waals surface area contributed by atoms with Gasteiger partial charge < -0.3 is 0 Å². The Bertz CT molecular complexity index is 1040.